The molecule has 1 rings (SSSR count). The summed E-state index contributed by atoms with van der Waals surface area (Å²) in [6.45, 7) is 2.87. The predicted octanol–water partition coefficient (Wildman–Crippen LogP) is 2.61. The number of alkyl halides is 1. The first-order valence-corrected chi connectivity index (χ1v) is 6.34. The minimum Gasteiger partial charge on any atom is -0.313 e. The van der Waals surface area contributed by atoms with Gasteiger partial charge in [0.2, 0.25) is 0 Å². The molecule has 0 aromatic carbocycles. The standard InChI is InChI=1S/C10H20FNS/c1-2-13-10-6-3-5-9(10)12-8-4-7-11/h9-10,12H,2-8H2,1H3/t9-,10+/m0/s1. The van der Waals surface area contributed by atoms with Crippen LogP contribution in [-0.2, 0) is 0 Å². The van der Waals surface area contributed by atoms with E-state index in [4.69, 9.17) is 0 Å². The van der Waals surface area contributed by atoms with Gasteiger partial charge in [-0.3, -0.25) is 4.39 Å². The lowest BCUT2D eigenvalue weighted by Crippen LogP contribution is -2.35. The Morgan fingerprint density at radius 2 is 2.31 bits per heavy atom. The molecule has 1 aliphatic carbocycles. The topological polar surface area (TPSA) is 12.0 Å². The number of nitrogens with one attached hydrogen (secondary N) is 1. The maximum Gasteiger partial charge on any atom is 0.0906 e. The van der Waals surface area contributed by atoms with Crippen molar-refractivity contribution in [3.05, 3.63) is 0 Å². The Labute approximate surface area is 84.9 Å². The van der Waals surface area contributed by atoms with E-state index in [1.165, 1.54) is 25.0 Å². The largest absolute Gasteiger partial charge is 0.313 e. The van der Waals surface area contributed by atoms with Gasteiger partial charge in [0.25, 0.3) is 0 Å². The number of rotatable bonds is 6. The molecule has 0 heterocycles. The average Bonchev–Trinajstić information content (AvgIpc) is 2.54. The van der Waals surface area contributed by atoms with Crippen LogP contribution in [0, 0.1) is 0 Å². The van der Waals surface area contributed by atoms with Crippen LogP contribution in [0.4, 0.5) is 4.39 Å². The van der Waals surface area contributed by atoms with E-state index < -0.39 is 0 Å². The van der Waals surface area contributed by atoms with Crippen LogP contribution in [-0.4, -0.2) is 30.3 Å². The molecule has 0 aromatic rings. The number of thioether (sulfide) groups is 1. The lowest BCUT2D eigenvalue weighted by molar-refractivity contribution is 0.439. The van der Waals surface area contributed by atoms with Gasteiger partial charge in [-0.2, -0.15) is 11.8 Å². The minimum absolute atomic E-state index is 0.189. The van der Waals surface area contributed by atoms with Crippen molar-refractivity contribution >= 4 is 11.8 Å². The van der Waals surface area contributed by atoms with Gasteiger partial charge in [-0.25, -0.2) is 0 Å². The van der Waals surface area contributed by atoms with Crippen LogP contribution in [0.15, 0.2) is 0 Å². The van der Waals surface area contributed by atoms with Crippen LogP contribution < -0.4 is 5.32 Å². The van der Waals surface area contributed by atoms with Crippen LogP contribution in [0.25, 0.3) is 0 Å². The van der Waals surface area contributed by atoms with Crippen molar-refractivity contribution in [2.45, 2.75) is 43.9 Å². The quantitative estimate of drug-likeness (QED) is 0.669. The monoisotopic (exact) mass is 205 g/mol. The molecule has 0 aromatic heterocycles. The summed E-state index contributed by atoms with van der Waals surface area (Å²) < 4.78 is 11.9. The van der Waals surface area contributed by atoms with Crippen molar-refractivity contribution in [2.24, 2.45) is 0 Å². The molecule has 1 saturated carbocycles. The van der Waals surface area contributed by atoms with E-state index in [-0.39, 0.29) is 6.67 Å². The van der Waals surface area contributed by atoms with E-state index in [1.807, 2.05) is 11.8 Å². The zero-order valence-corrected chi connectivity index (χ0v) is 9.21. The van der Waals surface area contributed by atoms with Crippen LogP contribution in [0.2, 0.25) is 0 Å². The molecule has 0 spiro atoms. The van der Waals surface area contributed by atoms with E-state index in [2.05, 4.69) is 12.2 Å². The molecule has 0 saturated heterocycles. The van der Waals surface area contributed by atoms with Crippen LogP contribution in [0.5, 0.6) is 0 Å². The van der Waals surface area contributed by atoms with E-state index in [0.29, 0.717) is 12.5 Å². The first-order valence-electron chi connectivity index (χ1n) is 5.29. The lowest BCUT2D eigenvalue weighted by atomic mass is 10.2. The maximum absolute atomic E-state index is 11.9. The highest BCUT2D eigenvalue weighted by Crippen LogP contribution is 2.29. The molecular formula is C10H20FNS. The second-order valence-electron chi connectivity index (χ2n) is 3.53. The summed E-state index contributed by atoms with van der Waals surface area (Å²) in [7, 11) is 0. The predicted molar refractivity (Wildman–Crippen MR) is 58.2 cm³/mol. The van der Waals surface area contributed by atoms with Crippen molar-refractivity contribution in [3.8, 4) is 0 Å². The Bertz CT molecular complexity index is 132. The maximum atomic E-state index is 11.9. The summed E-state index contributed by atoms with van der Waals surface area (Å²) >= 11 is 2.05. The Morgan fingerprint density at radius 1 is 1.46 bits per heavy atom. The summed E-state index contributed by atoms with van der Waals surface area (Å²) in [5, 5.41) is 4.24. The number of hydrogen-bond donors (Lipinski definition) is 1. The molecule has 78 valence electrons. The smallest absolute Gasteiger partial charge is 0.0906 e. The highest BCUT2D eigenvalue weighted by molar-refractivity contribution is 7.99. The van der Waals surface area contributed by atoms with Gasteiger partial charge in [-0.1, -0.05) is 13.3 Å². The third-order valence-corrected chi connectivity index (χ3v) is 3.88. The molecule has 1 nitrogen and oxygen atoms in total. The summed E-state index contributed by atoms with van der Waals surface area (Å²) in [5.41, 5.74) is 0. The molecule has 0 bridgehead atoms. The van der Waals surface area contributed by atoms with Crippen LogP contribution >= 0.6 is 11.8 Å². The normalized spacial score (nSPS) is 28.2. The van der Waals surface area contributed by atoms with Gasteiger partial charge in [0.15, 0.2) is 0 Å². The van der Waals surface area contributed by atoms with Crippen molar-refractivity contribution in [3.63, 3.8) is 0 Å². The Hall–Kier alpha value is 0.240. The fraction of sp³-hybridized carbons (Fsp3) is 1.00. The highest BCUT2D eigenvalue weighted by Gasteiger charge is 2.25. The first kappa shape index (κ1) is 11.3. The molecule has 0 unspecified atom stereocenters. The van der Waals surface area contributed by atoms with Crippen molar-refractivity contribution in [2.75, 3.05) is 19.0 Å². The Morgan fingerprint density at radius 3 is 3.00 bits per heavy atom. The second kappa shape index (κ2) is 6.66. The molecule has 13 heavy (non-hydrogen) atoms. The van der Waals surface area contributed by atoms with Gasteiger partial charge >= 0.3 is 0 Å². The second-order valence-corrected chi connectivity index (χ2v) is 5.04. The third-order valence-electron chi connectivity index (χ3n) is 2.55. The molecule has 1 aliphatic rings. The SMILES string of the molecule is CCS[C@@H]1CCC[C@@H]1NCCCF. The van der Waals surface area contributed by atoms with Crippen LogP contribution in [0.1, 0.15) is 32.6 Å². The van der Waals surface area contributed by atoms with Gasteiger partial charge in [-0.15, -0.1) is 0 Å². The molecule has 0 aliphatic heterocycles. The summed E-state index contributed by atoms with van der Waals surface area (Å²) in [5.74, 6) is 1.20. The minimum atomic E-state index is -0.189. The van der Waals surface area contributed by atoms with E-state index in [1.54, 1.807) is 0 Å². The fourth-order valence-corrected chi connectivity index (χ4v) is 3.15. The van der Waals surface area contributed by atoms with Crippen molar-refractivity contribution in [1.82, 2.24) is 5.32 Å². The zero-order chi connectivity index (χ0) is 9.52. The molecule has 1 fully saturated rings. The van der Waals surface area contributed by atoms with E-state index >= 15 is 0 Å². The van der Waals surface area contributed by atoms with Gasteiger partial charge in [0.1, 0.15) is 0 Å². The van der Waals surface area contributed by atoms with Gasteiger partial charge in [0, 0.05) is 11.3 Å². The average molecular weight is 205 g/mol. The molecule has 2 atom stereocenters. The lowest BCUT2D eigenvalue weighted by Gasteiger charge is -2.19. The Kier molecular flexibility index (Phi) is 5.80. The van der Waals surface area contributed by atoms with Gasteiger partial charge in [0.05, 0.1) is 6.67 Å². The summed E-state index contributed by atoms with van der Waals surface area (Å²) in [6, 6.07) is 0.650. The number of halogens is 1. The Balaban J connectivity index is 2.15. The van der Waals surface area contributed by atoms with Crippen molar-refractivity contribution in [1.29, 1.82) is 0 Å². The van der Waals surface area contributed by atoms with E-state index in [9.17, 15) is 4.39 Å². The molecular weight excluding hydrogens is 185 g/mol. The van der Waals surface area contributed by atoms with Gasteiger partial charge in [-0.05, 0) is 31.6 Å². The summed E-state index contributed by atoms with van der Waals surface area (Å²) in [6.07, 6.45) is 4.63. The molecule has 3 heteroatoms. The third kappa shape index (κ3) is 3.86. The summed E-state index contributed by atoms with van der Waals surface area (Å²) in [4.78, 5) is 0. The molecule has 1 N–H and O–H groups in total. The first-order chi connectivity index (χ1) is 6.38. The van der Waals surface area contributed by atoms with Crippen LogP contribution in [0.3, 0.4) is 0 Å². The molecule has 0 radical (unpaired) electrons. The zero-order valence-electron chi connectivity index (χ0n) is 8.39. The molecule has 0 amide bonds. The number of hydrogen-bond acceptors (Lipinski definition) is 2. The highest BCUT2D eigenvalue weighted by atomic mass is 32.2. The van der Waals surface area contributed by atoms with Crippen molar-refractivity contribution < 1.29 is 4.39 Å². The van der Waals surface area contributed by atoms with Gasteiger partial charge < -0.3 is 5.32 Å². The van der Waals surface area contributed by atoms with E-state index in [0.717, 1.165) is 11.8 Å². The fourth-order valence-electron chi connectivity index (χ4n) is 1.93.